The van der Waals surface area contributed by atoms with Gasteiger partial charge in [0.25, 0.3) is 0 Å². The number of hydrogen-bond donors (Lipinski definition) is 0. The van der Waals surface area contributed by atoms with E-state index in [4.69, 9.17) is 0 Å². The Morgan fingerprint density at radius 1 is 1.14 bits per heavy atom. The van der Waals surface area contributed by atoms with Gasteiger partial charge >= 0.3 is 0 Å². The van der Waals surface area contributed by atoms with Crippen molar-refractivity contribution in [1.29, 1.82) is 0 Å². The van der Waals surface area contributed by atoms with Crippen molar-refractivity contribution in [1.82, 2.24) is 0 Å². The summed E-state index contributed by atoms with van der Waals surface area (Å²) < 4.78 is 26.4. The zero-order valence-corrected chi connectivity index (χ0v) is 18.7. The first-order chi connectivity index (χ1) is 13.0. The van der Waals surface area contributed by atoms with Gasteiger partial charge in [-0.2, -0.15) is 0 Å². The van der Waals surface area contributed by atoms with E-state index >= 15 is 0 Å². The molecule has 3 fully saturated rings. The highest BCUT2D eigenvalue weighted by Gasteiger charge is 2.54. The second-order valence-corrected chi connectivity index (χ2v) is 11.0. The molecule has 3 saturated carbocycles. The first-order valence-electron chi connectivity index (χ1n) is 11.4. The van der Waals surface area contributed by atoms with Crippen molar-refractivity contribution in [3.8, 4) is 0 Å². The Kier molecular flexibility index (Phi) is 6.28. The minimum Gasteiger partial charge on any atom is -0.211 e. The Balaban J connectivity index is 1.80. The second kappa shape index (κ2) is 8.07. The molecule has 0 unspecified atom stereocenters. The van der Waals surface area contributed by atoms with Gasteiger partial charge in [-0.05, 0) is 79.4 Å². The molecule has 3 rings (SSSR count). The highest BCUT2D eigenvalue weighted by molar-refractivity contribution is 5.28. The van der Waals surface area contributed by atoms with Crippen LogP contribution >= 0.6 is 0 Å². The van der Waals surface area contributed by atoms with Gasteiger partial charge in [0.2, 0.25) is 6.43 Å². The molecule has 0 bridgehead atoms. The first kappa shape index (κ1) is 21.8. The topological polar surface area (TPSA) is 0 Å². The molecular weight excluding hydrogens is 350 g/mol. The third-order valence-corrected chi connectivity index (χ3v) is 8.52. The molecule has 0 nitrogen and oxygen atoms in total. The van der Waals surface area contributed by atoms with Crippen LogP contribution in [0.15, 0.2) is 35.5 Å². The number of rotatable bonds is 4. The number of allylic oxidation sites excluding steroid dienone is 5. The van der Waals surface area contributed by atoms with Crippen LogP contribution in [-0.2, 0) is 0 Å². The van der Waals surface area contributed by atoms with Gasteiger partial charge in [0.1, 0.15) is 0 Å². The average molecular weight is 391 g/mol. The fourth-order valence-corrected chi connectivity index (χ4v) is 7.04. The predicted molar refractivity (Wildman–Crippen MR) is 115 cm³/mol. The standard InChI is InChI=1S/C26H40F2/c1-17-14-20(15-18(2)19(17)3)9-10-21-8-7-13-26(6)22(21)11-12-23(26)25(4,5)16-24(27)28/h9-10,17-18,22-24H,3,7-8,11-16H2,1-2,4-6H3/b21-10+/t17-,18-,22+,23-,26+/m1/s1. The number of halogens is 2. The summed E-state index contributed by atoms with van der Waals surface area (Å²) in [4.78, 5) is 0. The lowest BCUT2D eigenvalue weighted by molar-refractivity contribution is -0.00123. The van der Waals surface area contributed by atoms with E-state index in [-0.39, 0.29) is 17.3 Å². The average Bonchev–Trinajstić information content (AvgIpc) is 2.95. The van der Waals surface area contributed by atoms with Gasteiger partial charge in [0, 0.05) is 6.42 Å². The van der Waals surface area contributed by atoms with E-state index in [0.29, 0.717) is 23.7 Å². The van der Waals surface area contributed by atoms with Crippen LogP contribution in [0.25, 0.3) is 0 Å². The van der Waals surface area contributed by atoms with Gasteiger partial charge in [-0.3, -0.25) is 0 Å². The summed E-state index contributed by atoms with van der Waals surface area (Å²) in [6, 6.07) is 0. The molecule has 0 amide bonds. The van der Waals surface area contributed by atoms with Gasteiger partial charge in [-0.1, -0.05) is 70.1 Å². The summed E-state index contributed by atoms with van der Waals surface area (Å²) >= 11 is 0. The lowest BCUT2D eigenvalue weighted by atomic mass is 9.57. The van der Waals surface area contributed by atoms with Gasteiger partial charge in [0.05, 0.1) is 0 Å². The Morgan fingerprint density at radius 2 is 1.79 bits per heavy atom. The molecule has 158 valence electrons. The summed E-state index contributed by atoms with van der Waals surface area (Å²) in [6.45, 7) is 15.4. The van der Waals surface area contributed by atoms with Crippen LogP contribution in [0, 0.1) is 34.5 Å². The molecule has 28 heavy (non-hydrogen) atoms. The van der Waals surface area contributed by atoms with Gasteiger partial charge in [0.15, 0.2) is 0 Å². The van der Waals surface area contributed by atoms with E-state index in [0.717, 1.165) is 19.3 Å². The predicted octanol–water partition coefficient (Wildman–Crippen LogP) is 8.36. The van der Waals surface area contributed by atoms with Crippen molar-refractivity contribution < 1.29 is 8.78 Å². The summed E-state index contributed by atoms with van der Waals surface area (Å²) in [5, 5.41) is 0. The third-order valence-electron chi connectivity index (χ3n) is 8.52. The van der Waals surface area contributed by atoms with Crippen LogP contribution in [-0.4, -0.2) is 6.43 Å². The molecule has 3 aliphatic carbocycles. The highest BCUT2D eigenvalue weighted by Crippen LogP contribution is 2.62. The SMILES string of the molecule is C=C1[C@H](C)CC(=C/C=C2\CCC[C@]3(C)[C@@H](C(C)(C)CC(F)F)CC[C@@H]23)C[C@H]1C. The zero-order chi connectivity index (χ0) is 20.7. The third kappa shape index (κ3) is 4.17. The van der Waals surface area contributed by atoms with E-state index in [2.05, 4.69) is 53.3 Å². The molecule has 0 aromatic rings. The molecule has 0 aromatic heterocycles. The van der Waals surface area contributed by atoms with Crippen LogP contribution in [0.2, 0.25) is 0 Å². The lowest BCUT2D eigenvalue weighted by Crippen LogP contribution is -2.40. The quantitative estimate of drug-likeness (QED) is 0.423. The molecule has 0 saturated heterocycles. The molecule has 0 aliphatic heterocycles. The molecule has 0 N–H and O–H groups in total. The summed E-state index contributed by atoms with van der Waals surface area (Å²) in [5.74, 6) is 2.13. The number of alkyl halides is 2. The van der Waals surface area contributed by atoms with E-state index < -0.39 is 6.43 Å². The van der Waals surface area contributed by atoms with Crippen LogP contribution in [0.4, 0.5) is 8.78 Å². The van der Waals surface area contributed by atoms with Crippen molar-refractivity contribution in [2.75, 3.05) is 0 Å². The van der Waals surface area contributed by atoms with Crippen molar-refractivity contribution in [2.45, 2.75) is 92.4 Å². The van der Waals surface area contributed by atoms with Gasteiger partial charge in [-0.25, -0.2) is 8.78 Å². The maximum absolute atomic E-state index is 13.2. The zero-order valence-electron chi connectivity index (χ0n) is 18.7. The molecular formula is C26H40F2. The molecule has 0 heterocycles. The molecule has 0 radical (unpaired) electrons. The van der Waals surface area contributed by atoms with E-state index in [1.165, 1.54) is 31.3 Å². The van der Waals surface area contributed by atoms with Crippen molar-refractivity contribution in [2.24, 2.45) is 34.5 Å². The maximum Gasteiger partial charge on any atom is 0.239 e. The van der Waals surface area contributed by atoms with E-state index in [1.54, 1.807) is 11.1 Å². The highest BCUT2D eigenvalue weighted by atomic mass is 19.3. The number of hydrogen-bond acceptors (Lipinski definition) is 0. The Morgan fingerprint density at radius 3 is 2.39 bits per heavy atom. The van der Waals surface area contributed by atoms with Gasteiger partial charge in [-0.15, -0.1) is 0 Å². The minimum absolute atomic E-state index is 0.0305. The first-order valence-corrected chi connectivity index (χ1v) is 11.4. The normalized spacial score (nSPS) is 38.2. The van der Waals surface area contributed by atoms with Crippen molar-refractivity contribution in [3.63, 3.8) is 0 Å². The van der Waals surface area contributed by atoms with Crippen LogP contribution < -0.4 is 0 Å². The summed E-state index contributed by atoms with van der Waals surface area (Å²) in [7, 11) is 0. The van der Waals surface area contributed by atoms with Gasteiger partial charge < -0.3 is 0 Å². The monoisotopic (exact) mass is 390 g/mol. The Hall–Kier alpha value is -0.920. The lowest BCUT2D eigenvalue weighted by Gasteiger charge is -2.48. The van der Waals surface area contributed by atoms with Crippen molar-refractivity contribution in [3.05, 3.63) is 35.5 Å². The van der Waals surface area contributed by atoms with Crippen LogP contribution in [0.3, 0.4) is 0 Å². The summed E-state index contributed by atoms with van der Waals surface area (Å²) in [6.07, 6.45) is 10.8. The van der Waals surface area contributed by atoms with E-state index in [9.17, 15) is 8.78 Å². The smallest absolute Gasteiger partial charge is 0.211 e. The number of fused-ring (bicyclic) bond motifs is 1. The molecule has 2 heteroatoms. The summed E-state index contributed by atoms with van der Waals surface area (Å²) in [5.41, 5.74) is 4.44. The fourth-order valence-electron chi connectivity index (χ4n) is 7.04. The van der Waals surface area contributed by atoms with Crippen LogP contribution in [0.1, 0.15) is 86.0 Å². The Labute approximate surface area is 171 Å². The molecule has 0 spiro atoms. The largest absolute Gasteiger partial charge is 0.239 e. The molecule has 0 aromatic carbocycles. The van der Waals surface area contributed by atoms with E-state index in [1.807, 2.05) is 0 Å². The fraction of sp³-hybridized carbons (Fsp3) is 0.769. The maximum atomic E-state index is 13.2. The minimum atomic E-state index is -2.20. The second-order valence-electron chi connectivity index (χ2n) is 11.0. The van der Waals surface area contributed by atoms with Crippen LogP contribution in [0.5, 0.6) is 0 Å². The Bertz CT molecular complexity index is 637. The van der Waals surface area contributed by atoms with Crippen molar-refractivity contribution >= 4 is 0 Å². The molecule has 3 aliphatic rings. The molecule has 5 atom stereocenters.